The van der Waals surface area contributed by atoms with Crippen molar-refractivity contribution in [2.45, 2.75) is 45.6 Å². The molecule has 3 aromatic rings. The van der Waals surface area contributed by atoms with E-state index in [0.717, 1.165) is 30.6 Å². The number of anilines is 3. The highest BCUT2D eigenvalue weighted by atomic mass is 19.1. The minimum Gasteiger partial charge on any atom is -0.354 e. The molecule has 2 heterocycles. The van der Waals surface area contributed by atoms with Crippen LogP contribution < -0.4 is 10.6 Å². The first-order chi connectivity index (χ1) is 13.1. The van der Waals surface area contributed by atoms with Crippen LogP contribution in [0.1, 0.15) is 45.6 Å². The summed E-state index contributed by atoms with van der Waals surface area (Å²) in [5.74, 6) is 1.43. The van der Waals surface area contributed by atoms with E-state index in [4.69, 9.17) is 4.98 Å². The predicted molar refractivity (Wildman–Crippen MR) is 106 cm³/mol. The number of para-hydroxylation sites is 1. The normalized spacial score (nSPS) is 15.0. The first-order valence-corrected chi connectivity index (χ1v) is 9.62. The first kappa shape index (κ1) is 17.7. The van der Waals surface area contributed by atoms with Gasteiger partial charge in [-0.05, 0) is 30.9 Å². The third-order valence-corrected chi connectivity index (χ3v) is 4.91. The van der Waals surface area contributed by atoms with Crippen LogP contribution in [0, 0.1) is 11.7 Å². The lowest BCUT2D eigenvalue weighted by molar-refractivity contribution is 0.535. The number of hydrogen-bond donors (Lipinski definition) is 2. The molecule has 0 spiro atoms. The number of nitrogens with one attached hydrogen (secondary N) is 2. The third kappa shape index (κ3) is 3.72. The molecule has 7 heteroatoms. The number of nitrogens with zero attached hydrogens (tertiary/aromatic N) is 4. The van der Waals surface area contributed by atoms with Gasteiger partial charge < -0.3 is 10.6 Å². The Morgan fingerprint density at radius 1 is 1.19 bits per heavy atom. The van der Waals surface area contributed by atoms with Crippen molar-refractivity contribution in [3.8, 4) is 0 Å². The molecular formula is C20H25FN6. The number of halogens is 1. The average Bonchev–Trinajstić information content (AvgIpc) is 3.28. The zero-order valence-corrected chi connectivity index (χ0v) is 15.7. The Balaban J connectivity index is 1.75. The van der Waals surface area contributed by atoms with Crippen molar-refractivity contribution in [1.82, 2.24) is 19.5 Å². The molecule has 1 aliphatic carbocycles. The molecule has 2 N–H and O–H groups in total. The van der Waals surface area contributed by atoms with Crippen molar-refractivity contribution >= 4 is 28.7 Å². The highest BCUT2D eigenvalue weighted by Gasteiger charge is 2.24. The Morgan fingerprint density at radius 2 is 1.96 bits per heavy atom. The van der Waals surface area contributed by atoms with Crippen LogP contribution in [-0.4, -0.2) is 26.1 Å². The summed E-state index contributed by atoms with van der Waals surface area (Å²) in [7, 11) is 0. The van der Waals surface area contributed by atoms with Crippen LogP contribution in [0.15, 0.2) is 30.5 Å². The number of fused-ring (bicyclic) bond motifs is 1. The first-order valence-electron chi connectivity index (χ1n) is 9.62. The van der Waals surface area contributed by atoms with Gasteiger partial charge in [0.05, 0.1) is 11.9 Å². The Labute approximate surface area is 158 Å². The molecule has 0 atom stereocenters. The molecule has 27 heavy (non-hydrogen) atoms. The molecule has 142 valence electrons. The molecule has 0 radical (unpaired) electrons. The average molecular weight is 368 g/mol. The lowest BCUT2D eigenvalue weighted by Gasteiger charge is -2.17. The van der Waals surface area contributed by atoms with Crippen LogP contribution in [0.25, 0.3) is 11.2 Å². The fourth-order valence-corrected chi connectivity index (χ4v) is 3.55. The fourth-order valence-electron chi connectivity index (χ4n) is 3.55. The number of hydrogen-bond acceptors (Lipinski definition) is 5. The number of imidazole rings is 1. The van der Waals surface area contributed by atoms with Gasteiger partial charge in [0.2, 0.25) is 11.9 Å². The highest BCUT2D eigenvalue weighted by Crippen LogP contribution is 2.36. The van der Waals surface area contributed by atoms with Gasteiger partial charge in [0.1, 0.15) is 11.3 Å². The Kier molecular flexibility index (Phi) is 4.92. The molecular weight excluding hydrogens is 343 g/mol. The summed E-state index contributed by atoms with van der Waals surface area (Å²) >= 11 is 0. The summed E-state index contributed by atoms with van der Waals surface area (Å²) in [5, 5.41) is 6.44. The summed E-state index contributed by atoms with van der Waals surface area (Å²) in [5.41, 5.74) is 1.93. The van der Waals surface area contributed by atoms with Gasteiger partial charge in [-0.25, -0.2) is 14.4 Å². The molecule has 0 bridgehead atoms. The summed E-state index contributed by atoms with van der Waals surface area (Å²) < 4.78 is 16.3. The molecule has 0 amide bonds. The smallest absolute Gasteiger partial charge is 0.224 e. The second-order valence-electron chi connectivity index (χ2n) is 7.53. The third-order valence-electron chi connectivity index (χ3n) is 4.91. The minimum atomic E-state index is -0.298. The van der Waals surface area contributed by atoms with Crippen molar-refractivity contribution in [2.75, 3.05) is 17.2 Å². The van der Waals surface area contributed by atoms with E-state index in [1.54, 1.807) is 18.3 Å². The van der Waals surface area contributed by atoms with Crippen LogP contribution in [-0.2, 0) is 0 Å². The summed E-state index contributed by atoms with van der Waals surface area (Å²) in [6.07, 6.45) is 6.27. The molecule has 1 aliphatic rings. The second-order valence-corrected chi connectivity index (χ2v) is 7.53. The van der Waals surface area contributed by atoms with Crippen LogP contribution in [0.4, 0.5) is 22.0 Å². The zero-order chi connectivity index (χ0) is 18.8. The van der Waals surface area contributed by atoms with E-state index in [1.807, 2.05) is 6.07 Å². The van der Waals surface area contributed by atoms with Gasteiger partial charge in [-0.3, -0.25) is 4.57 Å². The monoisotopic (exact) mass is 368 g/mol. The molecule has 6 nitrogen and oxygen atoms in total. The lowest BCUT2D eigenvalue weighted by atomic mass is 10.2. The SMILES string of the molecule is CC(C)CNc1ncc2nc(Nc3ccccc3F)n(C3CCCC3)c2n1. The van der Waals surface area contributed by atoms with Crippen LogP contribution in [0.2, 0.25) is 0 Å². The Morgan fingerprint density at radius 3 is 2.70 bits per heavy atom. The van der Waals surface area contributed by atoms with Gasteiger partial charge in [-0.15, -0.1) is 0 Å². The number of aromatic nitrogens is 4. The molecule has 4 rings (SSSR count). The van der Waals surface area contributed by atoms with E-state index in [0.29, 0.717) is 29.5 Å². The molecule has 1 aromatic carbocycles. The Bertz CT molecular complexity index is 929. The topological polar surface area (TPSA) is 67.7 Å². The predicted octanol–water partition coefficient (Wildman–Crippen LogP) is 4.89. The molecule has 0 unspecified atom stereocenters. The van der Waals surface area contributed by atoms with Crippen molar-refractivity contribution in [3.05, 3.63) is 36.3 Å². The molecule has 1 saturated carbocycles. The maximum Gasteiger partial charge on any atom is 0.224 e. The quantitative estimate of drug-likeness (QED) is 0.648. The lowest BCUT2D eigenvalue weighted by Crippen LogP contribution is -2.12. The van der Waals surface area contributed by atoms with Crippen molar-refractivity contribution in [1.29, 1.82) is 0 Å². The summed E-state index contributed by atoms with van der Waals surface area (Å²) in [6.45, 7) is 5.10. The van der Waals surface area contributed by atoms with Crippen molar-refractivity contribution in [2.24, 2.45) is 5.92 Å². The Hall–Kier alpha value is -2.70. The van der Waals surface area contributed by atoms with E-state index in [2.05, 4.69) is 39.0 Å². The summed E-state index contributed by atoms with van der Waals surface area (Å²) in [6, 6.07) is 6.96. The van der Waals surface area contributed by atoms with E-state index >= 15 is 0 Å². The maximum atomic E-state index is 14.1. The largest absolute Gasteiger partial charge is 0.354 e. The highest BCUT2D eigenvalue weighted by molar-refractivity contribution is 5.76. The van der Waals surface area contributed by atoms with Crippen LogP contribution >= 0.6 is 0 Å². The van der Waals surface area contributed by atoms with Crippen molar-refractivity contribution < 1.29 is 4.39 Å². The fraction of sp³-hybridized carbons (Fsp3) is 0.450. The van der Waals surface area contributed by atoms with Gasteiger partial charge in [-0.1, -0.05) is 38.8 Å². The summed E-state index contributed by atoms with van der Waals surface area (Å²) in [4.78, 5) is 13.8. The van der Waals surface area contributed by atoms with Gasteiger partial charge in [0.15, 0.2) is 5.65 Å². The second kappa shape index (κ2) is 7.50. The van der Waals surface area contributed by atoms with Gasteiger partial charge >= 0.3 is 0 Å². The van der Waals surface area contributed by atoms with Crippen LogP contribution in [0.3, 0.4) is 0 Å². The zero-order valence-electron chi connectivity index (χ0n) is 15.7. The van der Waals surface area contributed by atoms with E-state index in [9.17, 15) is 4.39 Å². The van der Waals surface area contributed by atoms with E-state index < -0.39 is 0 Å². The van der Waals surface area contributed by atoms with E-state index in [1.165, 1.54) is 18.9 Å². The molecule has 1 fully saturated rings. The molecule has 0 saturated heterocycles. The van der Waals surface area contributed by atoms with Crippen LogP contribution in [0.5, 0.6) is 0 Å². The minimum absolute atomic E-state index is 0.298. The molecule has 2 aromatic heterocycles. The maximum absolute atomic E-state index is 14.1. The van der Waals surface area contributed by atoms with Gasteiger partial charge in [0, 0.05) is 12.6 Å². The van der Waals surface area contributed by atoms with Crippen molar-refractivity contribution in [3.63, 3.8) is 0 Å². The standard InChI is InChI=1S/C20H25FN6/c1-13(2)11-22-19-23-12-17-18(26-19)27(14-7-3-4-8-14)20(25-17)24-16-10-6-5-9-15(16)21/h5-6,9-10,12-14H,3-4,7-8,11H2,1-2H3,(H,24,25)(H,22,23,26). The van der Waals surface area contributed by atoms with E-state index in [-0.39, 0.29) is 5.82 Å². The number of rotatable bonds is 6. The molecule has 0 aliphatic heterocycles. The van der Waals surface area contributed by atoms with Gasteiger partial charge in [0.25, 0.3) is 0 Å². The number of benzene rings is 1. The van der Waals surface area contributed by atoms with Gasteiger partial charge in [-0.2, -0.15) is 4.98 Å².